The van der Waals surface area contributed by atoms with Gasteiger partial charge in [-0.2, -0.15) is 0 Å². The number of benzene rings is 1. The summed E-state index contributed by atoms with van der Waals surface area (Å²) in [5.74, 6) is 6.11. The van der Waals surface area contributed by atoms with Gasteiger partial charge in [0, 0.05) is 12.0 Å². The molecule has 1 heteroatoms. The largest absolute Gasteiger partial charge is 0.293 e. The minimum Gasteiger partial charge on any atom is -0.293 e. The monoisotopic (exact) mass is 214 g/mol. The summed E-state index contributed by atoms with van der Waals surface area (Å²) < 4.78 is 0. The molecule has 1 aromatic carbocycles. The normalized spacial score (nSPS) is 9.31. The van der Waals surface area contributed by atoms with Crippen LogP contribution in [0.1, 0.15) is 49.4 Å². The molecule has 0 amide bonds. The predicted molar refractivity (Wildman–Crippen MR) is 67.3 cm³/mol. The van der Waals surface area contributed by atoms with Gasteiger partial charge in [-0.25, -0.2) is 0 Å². The van der Waals surface area contributed by atoms with Crippen LogP contribution in [0.5, 0.6) is 0 Å². The molecule has 0 aliphatic rings. The molecule has 0 spiro atoms. The number of Topliss-reactive ketones (excluding diaryl/α,β-unsaturated/α-hetero) is 1. The second-order valence-corrected chi connectivity index (χ2v) is 3.78. The zero-order valence-corrected chi connectivity index (χ0v) is 9.83. The van der Waals surface area contributed by atoms with Crippen LogP contribution in [0, 0.1) is 11.8 Å². The highest BCUT2D eigenvalue weighted by atomic mass is 16.1. The lowest BCUT2D eigenvalue weighted by Gasteiger charge is -1.94. The third-order valence-corrected chi connectivity index (χ3v) is 2.38. The average molecular weight is 214 g/mol. The molecule has 1 rings (SSSR count). The standard InChI is InChI=1S/C15H18O/c1-2-3-4-5-6-10-13-15(16)14-11-8-7-9-12-14/h7-9,11-12H,2-5,13H2,1H3. The maximum Gasteiger partial charge on any atom is 0.174 e. The van der Waals surface area contributed by atoms with E-state index in [9.17, 15) is 4.79 Å². The maximum absolute atomic E-state index is 11.6. The molecular weight excluding hydrogens is 196 g/mol. The van der Waals surface area contributed by atoms with E-state index >= 15 is 0 Å². The molecule has 0 atom stereocenters. The van der Waals surface area contributed by atoms with Crippen molar-refractivity contribution in [2.24, 2.45) is 0 Å². The van der Waals surface area contributed by atoms with Gasteiger partial charge in [0.05, 0.1) is 6.42 Å². The molecule has 0 aromatic heterocycles. The predicted octanol–water partition coefficient (Wildman–Crippen LogP) is 3.84. The summed E-state index contributed by atoms with van der Waals surface area (Å²) in [6.45, 7) is 2.17. The summed E-state index contributed by atoms with van der Waals surface area (Å²) in [4.78, 5) is 11.6. The second kappa shape index (κ2) is 7.70. The molecule has 0 aliphatic heterocycles. The molecule has 0 bridgehead atoms. The molecule has 1 nitrogen and oxygen atoms in total. The van der Waals surface area contributed by atoms with Crippen LogP contribution in [0.3, 0.4) is 0 Å². The Morgan fingerprint density at radius 2 is 1.88 bits per heavy atom. The molecule has 0 N–H and O–H groups in total. The topological polar surface area (TPSA) is 17.1 Å². The molecule has 0 saturated heterocycles. The number of carbonyl (C=O) groups is 1. The fourth-order valence-electron chi connectivity index (χ4n) is 1.42. The Kier molecular flexibility index (Phi) is 6.03. The molecule has 0 unspecified atom stereocenters. The minimum atomic E-state index is 0.114. The van der Waals surface area contributed by atoms with Crippen molar-refractivity contribution in [3.8, 4) is 11.8 Å². The SMILES string of the molecule is CCCCCC#CCC(=O)c1ccccc1. The van der Waals surface area contributed by atoms with E-state index in [1.54, 1.807) is 0 Å². The molecule has 1 aromatic rings. The van der Waals surface area contributed by atoms with E-state index in [0.717, 1.165) is 18.4 Å². The molecule has 0 radical (unpaired) electrons. The van der Waals surface area contributed by atoms with E-state index in [-0.39, 0.29) is 5.78 Å². The molecule has 16 heavy (non-hydrogen) atoms. The summed E-state index contributed by atoms with van der Waals surface area (Å²) in [6.07, 6.45) is 4.83. The van der Waals surface area contributed by atoms with Crippen molar-refractivity contribution in [3.63, 3.8) is 0 Å². The van der Waals surface area contributed by atoms with Crippen molar-refractivity contribution in [1.82, 2.24) is 0 Å². The molecule has 0 fully saturated rings. The second-order valence-electron chi connectivity index (χ2n) is 3.78. The lowest BCUT2D eigenvalue weighted by molar-refractivity contribution is 0.0998. The smallest absolute Gasteiger partial charge is 0.174 e. The summed E-state index contributed by atoms with van der Waals surface area (Å²) >= 11 is 0. The van der Waals surface area contributed by atoms with Crippen LogP contribution in [0.2, 0.25) is 0 Å². The Hall–Kier alpha value is -1.55. The van der Waals surface area contributed by atoms with Gasteiger partial charge in [-0.3, -0.25) is 4.79 Å². The molecule has 84 valence electrons. The summed E-state index contributed by atoms with van der Waals surface area (Å²) in [7, 11) is 0. The van der Waals surface area contributed by atoms with E-state index in [1.807, 2.05) is 30.3 Å². The zero-order chi connectivity index (χ0) is 11.6. The van der Waals surface area contributed by atoms with Crippen LogP contribution >= 0.6 is 0 Å². The lowest BCUT2D eigenvalue weighted by atomic mass is 10.1. The summed E-state index contributed by atoms with van der Waals surface area (Å²) in [6, 6.07) is 9.33. The first-order valence-corrected chi connectivity index (χ1v) is 5.88. The van der Waals surface area contributed by atoms with Gasteiger partial charge in [0.2, 0.25) is 0 Å². The van der Waals surface area contributed by atoms with Crippen molar-refractivity contribution < 1.29 is 4.79 Å². The van der Waals surface area contributed by atoms with E-state index < -0.39 is 0 Å². The minimum absolute atomic E-state index is 0.114. The van der Waals surface area contributed by atoms with Crippen molar-refractivity contribution in [1.29, 1.82) is 0 Å². The van der Waals surface area contributed by atoms with E-state index in [1.165, 1.54) is 12.8 Å². The third kappa shape index (κ3) is 4.79. The van der Waals surface area contributed by atoms with E-state index in [0.29, 0.717) is 6.42 Å². The van der Waals surface area contributed by atoms with Gasteiger partial charge in [0.25, 0.3) is 0 Å². The number of hydrogen-bond donors (Lipinski definition) is 0. The Morgan fingerprint density at radius 1 is 1.12 bits per heavy atom. The van der Waals surface area contributed by atoms with Crippen LogP contribution in [0.4, 0.5) is 0 Å². The lowest BCUT2D eigenvalue weighted by Crippen LogP contribution is -1.96. The number of carbonyl (C=O) groups excluding carboxylic acids is 1. The Bertz CT molecular complexity index is 367. The first-order valence-electron chi connectivity index (χ1n) is 5.88. The maximum atomic E-state index is 11.6. The highest BCUT2D eigenvalue weighted by Crippen LogP contribution is 2.02. The van der Waals surface area contributed by atoms with Gasteiger partial charge < -0.3 is 0 Å². The Labute approximate surface area is 97.9 Å². The van der Waals surface area contributed by atoms with E-state index in [4.69, 9.17) is 0 Å². The van der Waals surface area contributed by atoms with Crippen molar-refractivity contribution in [2.75, 3.05) is 0 Å². The highest BCUT2D eigenvalue weighted by Gasteiger charge is 2.00. The summed E-state index contributed by atoms with van der Waals surface area (Å²) in [5.41, 5.74) is 0.755. The molecule has 0 saturated carbocycles. The van der Waals surface area contributed by atoms with Crippen LogP contribution in [0.15, 0.2) is 30.3 Å². The molecule has 0 aliphatic carbocycles. The fraction of sp³-hybridized carbons (Fsp3) is 0.400. The van der Waals surface area contributed by atoms with Crippen LogP contribution < -0.4 is 0 Å². The van der Waals surface area contributed by atoms with Crippen molar-refractivity contribution in [2.45, 2.75) is 39.0 Å². The van der Waals surface area contributed by atoms with Crippen LogP contribution in [-0.4, -0.2) is 5.78 Å². The van der Waals surface area contributed by atoms with Gasteiger partial charge >= 0.3 is 0 Å². The number of rotatable bonds is 5. The van der Waals surface area contributed by atoms with Gasteiger partial charge in [-0.05, 0) is 6.42 Å². The molecule has 0 heterocycles. The summed E-state index contributed by atoms with van der Waals surface area (Å²) in [5, 5.41) is 0. The number of hydrogen-bond acceptors (Lipinski definition) is 1. The quantitative estimate of drug-likeness (QED) is 0.413. The third-order valence-electron chi connectivity index (χ3n) is 2.38. The van der Waals surface area contributed by atoms with Crippen LogP contribution in [-0.2, 0) is 0 Å². The Morgan fingerprint density at radius 3 is 2.56 bits per heavy atom. The van der Waals surface area contributed by atoms with Gasteiger partial charge in [-0.1, -0.05) is 56.0 Å². The number of unbranched alkanes of at least 4 members (excludes halogenated alkanes) is 3. The molecular formula is C15H18O. The first-order chi connectivity index (χ1) is 7.84. The van der Waals surface area contributed by atoms with Crippen molar-refractivity contribution in [3.05, 3.63) is 35.9 Å². The first kappa shape index (κ1) is 12.5. The van der Waals surface area contributed by atoms with Crippen molar-refractivity contribution >= 4 is 5.78 Å². The average Bonchev–Trinajstić information content (AvgIpc) is 2.34. The van der Waals surface area contributed by atoms with Gasteiger partial charge in [0.1, 0.15) is 0 Å². The van der Waals surface area contributed by atoms with E-state index in [2.05, 4.69) is 18.8 Å². The van der Waals surface area contributed by atoms with Gasteiger partial charge in [0.15, 0.2) is 5.78 Å². The highest BCUT2D eigenvalue weighted by molar-refractivity contribution is 5.97. The number of ketones is 1. The Balaban J connectivity index is 2.30. The van der Waals surface area contributed by atoms with Crippen LogP contribution in [0.25, 0.3) is 0 Å². The zero-order valence-electron chi connectivity index (χ0n) is 9.83. The fourth-order valence-corrected chi connectivity index (χ4v) is 1.42. The van der Waals surface area contributed by atoms with Gasteiger partial charge in [-0.15, -0.1) is 5.92 Å².